The van der Waals surface area contributed by atoms with E-state index in [1.165, 1.54) is 0 Å². The van der Waals surface area contributed by atoms with Crippen LogP contribution in [-0.4, -0.2) is 26.5 Å². The fourth-order valence-corrected chi connectivity index (χ4v) is 4.18. The molecule has 4 rings (SSSR count). The van der Waals surface area contributed by atoms with Crippen LogP contribution in [0.1, 0.15) is 23.9 Å². The van der Waals surface area contributed by atoms with Crippen molar-refractivity contribution in [3.63, 3.8) is 0 Å². The summed E-state index contributed by atoms with van der Waals surface area (Å²) < 4.78 is 12.9. The highest BCUT2D eigenvalue weighted by molar-refractivity contribution is 7.98. The molecule has 6 nitrogen and oxygen atoms in total. The van der Waals surface area contributed by atoms with Crippen molar-refractivity contribution in [1.82, 2.24) is 19.9 Å². The predicted octanol–water partition coefficient (Wildman–Crippen LogP) is 5.23. The molecule has 0 amide bonds. The van der Waals surface area contributed by atoms with Crippen LogP contribution in [0.25, 0.3) is 17.1 Å². The first kappa shape index (κ1) is 19.3. The quantitative estimate of drug-likeness (QED) is 0.392. The van der Waals surface area contributed by atoms with Crippen molar-refractivity contribution in [2.24, 2.45) is 0 Å². The molecule has 2 aromatic heterocycles. The molecule has 0 spiro atoms. The normalized spacial score (nSPS) is 11.0. The summed E-state index contributed by atoms with van der Waals surface area (Å²) in [6.45, 7) is 6.51. The molecule has 148 valence electrons. The Morgan fingerprint density at radius 2 is 1.76 bits per heavy atom. The largest absolute Gasteiger partial charge is 0.494 e. The van der Waals surface area contributed by atoms with Gasteiger partial charge in [-0.05, 0) is 45.0 Å². The Bertz CT molecular complexity index is 1070. The zero-order valence-electron chi connectivity index (χ0n) is 16.6. The topological polar surface area (TPSA) is 66.0 Å². The minimum absolute atomic E-state index is 0.639. The standard InChI is InChI=1S/C22H22N4O2S/c1-4-27-19-12-10-18(11-13-19)26-21(17-8-6-5-7-9-17)23-24-22(26)29-14-20-15(2)25-28-16(20)3/h5-13H,4,14H2,1-3H3. The van der Waals surface area contributed by atoms with Gasteiger partial charge in [-0.1, -0.05) is 47.3 Å². The molecule has 0 fully saturated rings. The lowest BCUT2D eigenvalue weighted by atomic mass is 10.2. The predicted molar refractivity (Wildman–Crippen MR) is 114 cm³/mol. The van der Waals surface area contributed by atoms with E-state index >= 15 is 0 Å². The second-order valence-electron chi connectivity index (χ2n) is 6.53. The van der Waals surface area contributed by atoms with Gasteiger partial charge in [-0.15, -0.1) is 10.2 Å². The molecule has 7 heteroatoms. The molecule has 4 aromatic rings. The Kier molecular flexibility index (Phi) is 5.67. The molecule has 0 bridgehead atoms. The summed E-state index contributed by atoms with van der Waals surface area (Å²) in [5.74, 6) is 3.20. The van der Waals surface area contributed by atoms with Crippen LogP contribution in [0, 0.1) is 13.8 Å². The van der Waals surface area contributed by atoms with E-state index in [0.717, 1.165) is 45.0 Å². The van der Waals surface area contributed by atoms with Gasteiger partial charge in [-0.25, -0.2) is 0 Å². The number of hydrogen-bond acceptors (Lipinski definition) is 6. The van der Waals surface area contributed by atoms with E-state index < -0.39 is 0 Å². The third-order valence-electron chi connectivity index (χ3n) is 4.60. The Hall–Kier alpha value is -3.06. The number of hydrogen-bond donors (Lipinski definition) is 0. The Labute approximate surface area is 173 Å². The molecular formula is C22H22N4O2S. The van der Waals surface area contributed by atoms with Gasteiger partial charge in [-0.2, -0.15) is 0 Å². The Balaban J connectivity index is 1.72. The lowest BCUT2D eigenvalue weighted by Crippen LogP contribution is -2.00. The van der Waals surface area contributed by atoms with Gasteiger partial charge in [0.2, 0.25) is 0 Å². The van der Waals surface area contributed by atoms with Gasteiger partial charge in [0.15, 0.2) is 11.0 Å². The summed E-state index contributed by atoms with van der Waals surface area (Å²) in [5, 5.41) is 13.8. The van der Waals surface area contributed by atoms with Gasteiger partial charge in [0, 0.05) is 22.6 Å². The number of aryl methyl sites for hydroxylation is 2. The van der Waals surface area contributed by atoms with Crippen molar-refractivity contribution < 1.29 is 9.26 Å². The lowest BCUT2D eigenvalue weighted by Gasteiger charge is -2.11. The second-order valence-corrected chi connectivity index (χ2v) is 7.47. The molecule has 0 unspecified atom stereocenters. The molecule has 0 aliphatic rings. The van der Waals surface area contributed by atoms with E-state index in [2.05, 4.69) is 19.9 Å². The van der Waals surface area contributed by atoms with Crippen LogP contribution >= 0.6 is 11.8 Å². The van der Waals surface area contributed by atoms with E-state index in [1.54, 1.807) is 11.8 Å². The monoisotopic (exact) mass is 406 g/mol. The summed E-state index contributed by atoms with van der Waals surface area (Å²) in [6.07, 6.45) is 0. The molecule has 29 heavy (non-hydrogen) atoms. The fraction of sp³-hybridized carbons (Fsp3) is 0.227. The van der Waals surface area contributed by atoms with Crippen LogP contribution in [-0.2, 0) is 5.75 Å². The van der Waals surface area contributed by atoms with Gasteiger partial charge in [0.05, 0.1) is 12.3 Å². The maximum absolute atomic E-state index is 5.58. The maximum Gasteiger partial charge on any atom is 0.196 e. The summed E-state index contributed by atoms with van der Waals surface area (Å²) >= 11 is 1.62. The van der Waals surface area contributed by atoms with E-state index in [1.807, 2.05) is 75.4 Å². The minimum Gasteiger partial charge on any atom is -0.494 e. The molecule has 0 atom stereocenters. The third kappa shape index (κ3) is 4.05. The molecule has 2 aromatic carbocycles. The second kappa shape index (κ2) is 8.53. The average molecular weight is 407 g/mol. The van der Waals surface area contributed by atoms with Crippen molar-refractivity contribution in [1.29, 1.82) is 0 Å². The zero-order valence-corrected chi connectivity index (χ0v) is 17.4. The highest BCUT2D eigenvalue weighted by Gasteiger charge is 2.18. The van der Waals surface area contributed by atoms with E-state index in [-0.39, 0.29) is 0 Å². The van der Waals surface area contributed by atoms with E-state index in [9.17, 15) is 0 Å². The molecule has 0 aliphatic heterocycles. The highest BCUT2D eigenvalue weighted by Crippen LogP contribution is 2.31. The molecule has 0 saturated heterocycles. The number of ether oxygens (including phenoxy) is 1. The summed E-state index contributed by atoms with van der Waals surface area (Å²) in [6, 6.07) is 18.1. The molecular weight excluding hydrogens is 384 g/mol. The minimum atomic E-state index is 0.639. The van der Waals surface area contributed by atoms with Crippen molar-refractivity contribution in [2.45, 2.75) is 31.7 Å². The number of thioether (sulfide) groups is 1. The third-order valence-corrected chi connectivity index (χ3v) is 5.55. The number of nitrogens with zero attached hydrogens (tertiary/aromatic N) is 4. The first-order valence-electron chi connectivity index (χ1n) is 9.46. The first-order valence-corrected chi connectivity index (χ1v) is 10.4. The van der Waals surface area contributed by atoms with Gasteiger partial charge < -0.3 is 9.26 Å². The van der Waals surface area contributed by atoms with Crippen LogP contribution < -0.4 is 4.74 Å². The van der Waals surface area contributed by atoms with Crippen LogP contribution in [0.4, 0.5) is 0 Å². The average Bonchev–Trinajstić information content (AvgIpc) is 3.31. The fourth-order valence-electron chi connectivity index (χ4n) is 3.07. The highest BCUT2D eigenvalue weighted by atomic mass is 32.2. The van der Waals surface area contributed by atoms with Crippen molar-refractivity contribution in [3.8, 4) is 22.8 Å². The lowest BCUT2D eigenvalue weighted by molar-refractivity contribution is 0.340. The van der Waals surface area contributed by atoms with Crippen LogP contribution in [0.3, 0.4) is 0 Å². The SMILES string of the molecule is CCOc1ccc(-n2c(SCc3c(C)noc3C)nnc2-c2ccccc2)cc1. The molecule has 0 N–H and O–H groups in total. The molecule has 0 radical (unpaired) electrons. The maximum atomic E-state index is 5.58. The van der Waals surface area contributed by atoms with Gasteiger partial charge >= 0.3 is 0 Å². The summed E-state index contributed by atoms with van der Waals surface area (Å²) in [7, 11) is 0. The number of rotatable bonds is 7. The Morgan fingerprint density at radius 3 is 2.41 bits per heavy atom. The summed E-state index contributed by atoms with van der Waals surface area (Å²) in [5.41, 5.74) is 4.00. The van der Waals surface area contributed by atoms with Gasteiger partial charge in [0.1, 0.15) is 11.5 Å². The summed E-state index contributed by atoms with van der Waals surface area (Å²) in [4.78, 5) is 0. The van der Waals surface area contributed by atoms with Crippen molar-refractivity contribution in [3.05, 3.63) is 71.6 Å². The van der Waals surface area contributed by atoms with E-state index in [4.69, 9.17) is 9.26 Å². The van der Waals surface area contributed by atoms with Gasteiger partial charge in [-0.3, -0.25) is 4.57 Å². The van der Waals surface area contributed by atoms with Crippen molar-refractivity contribution >= 4 is 11.8 Å². The number of aromatic nitrogens is 4. The van der Waals surface area contributed by atoms with Crippen LogP contribution in [0.15, 0.2) is 64.3 Å². The van der Waals surface area contributed by atoms with Crippen molar-refractivity contribution in [2.75, 3.05) is 6.61 Å². The molecule has 2 heterocycles. The Morgan fingerprint density at radius 1 is 1.00 bits per heavy atom. The zero-order chi connectivity index (χ0) is 20.2. The first-order chi connectivity index (χ1) is 14.2. The molecule has 0 aliphatic carbocycles. The number of benzene rings is 2. The van der Waals surface area contributed by atoms with E-state index in [0.29, 0.717) is 12.4 Å². The molecule has 0 saturated carbocycles. The smallest absolute Gasteiger partial charge is 0.196 e. The van der Waals surface area contributed by atoms with Crippen LogP contribution in [0.2, 0.25) is 0 Å². The van der Waals surface area contributed by atoms with Gasteiger partial charge in [0.25, 0.3) is 0 Å². The van der Waals surface area contributed by atoms with Crippen LogP contribution in [0.5, 0.6) is 5.75 Å².